The number of nitrogens with one attached hydrogen (secondary N) is 1. The number of aromatic nitrogens is 1. The van der Waals surface area contributed by atoms with Gasteiger partial charge in [-0.3, -0.25) is 9.59 Å². The molecule has 0 spiro atoms. The monoisotopic (exact) mass is 270 g/mol. The quantitative estimate of drug-likeness (QED) is 0.717. The van der Waals surface area contributed by atoms with Crippen LogP contribution < -0.4 is 5.56 Å². The van der Waals surface area contributed by atoms with Crippen LogP contribution in [0.1, 0.15) is 10.4 Å². The number of aromatic amines is 1. The number of pyridine rings is 1. The number of H-pyrrole nitrogens is 1. The predicted molar refractivity (Wildman–Crippen MR) is 68.4 cm³/mol. The van der Waals surface area contributed by atoms with E-state index in [0.29, 0.717) is 26.3 Å². The lowest BCUT2D eigenvalue weighted by molar-refractivity contribution is 0.0624. The minimum Gasteiger partial charge on any atom is -0.507 e. The molecule has 0 aliphatic rings. The van der Waals surface area contributed by atoms with Crippen LogP contribution in [0.3, 0.4) is 0 Å². The summed E-state index contributed by atoms with van der Waals surface area (Å²) in [4.78, 5) is 27.1. The molecule has 19 heavy (non-hydrogen) atoms. The molecule has 106 valence electrons. The third kappa shape index (κ3) is 4.38. The summed E-state index contributed by atoms with van der Waals surface area (Å²) < 4.78 is 9.87. The van der Waals surface area contributed by atoms with Crippen molar-refractivity contribution in [2.75, 3.05) is 40.5 Å². The Morgan fingerprint density at radius 2 is 1.89 bits per heavy atom. The van der Waals surface area contributed by atoms with Crippen LogP contribution >= 0.6 is 0 Å². The number of ether oxygens (including phenoxy) is 2. The Morgan fingerprint density at radius 1 is 1.32 bits per heavy atom. The minimum absolute atomic E-state index is 0.0480. The zero-order valence-corrected chi connectivity index (χ0v) is 11.0. The van der Waals surface area contributed by atoms with Gasteiger partial charge in [0.1, 0.15) is 5.75 Å². The van der Waals surface area contributed by atoms with Gasteiger partial charge < -0.3 is 24.5 Å². The van der Waals surface area contributed by atoms with Crippen molar-refractivity contribution >= 4 is 5.91 Å². The van der Waals surface area contributed by atoms with E-state index in [-0.39, 0.29) is 17.2 Å². The van der Waals surface area contributed by atoms with Crippen molar-refractivity contribution in [1.82, 2.24) is 9.88 Å². The number of aromatic hydroxyl groups is 1. The number of hydrogen-bond donors (Lipinski definition) is 2. The van der Waals surface area contributed by atoms with E-state index in [4.69, 9.17) is 9.47 Å². The van der Waals surface area contributed by atoms with Gasteiger partial charge in [0, 0.05) is 39.6 Å². The number of amides is 1. The Morgan fingerprint density at radius 3 is 2.37 bits per heavy atom. The van der Waals surface area contributed by atoms with Gasteiger partial charge in [-0.1, -0.05) is 0 Å². The lowest BCUT2D eigenvalue weighted by Crippen LogP contribution is -2.36. The molecular formula is C12H18N2O5. The first-order valence-corrected chi connectivity index (χ1v) is 5.79. The molecule has 0 bridgehead atoms. The highest BCUT2D eigenvalue weighted by atomic mass is 16.5. The van der Waals surface area contributed by atoms with Crippen molar-refractivity contribution in [3.63, 3.8) is 0 Å². The van der Waals surface area contributed by atoms with Crippen molar-refractivity contribution in [3.05, 3.63) is 28.2 Å². The molecule has 0 aromatic carbocycles. The molecule has 0 aliphatic carbocycles. The third-order valence-corrected chi connectivity index (χ3v) is 2.55. The largest absolute Gasteiger partial charge is 0.507 e. The van der Waals surface area contributed by atoms with Gasteiger partial charge in [-0.25, -0.2) is 0 Å². The number of rotatable bonds is 7. The zero-order valence-electron chi connectivity index (χ0n) is 11.0. The van der Waals surface area contributed by atoms with E-state index in [1.807, 2.05) is 0 Å². The highest BCUT2D eigenvalue weighted by Gasteiger charge is 2.19. The molecule has 1 aromatic heterocycles. The fraction of sp³-hybridized carbons (Fsp3) is 0.500. The molecule has 0 fully saturated rings. The van der Waals surface area contributed by atoms with Crippen molar-refractivity contribution in [2.24, 2.45) is 0 Å². The maximum Gasteiger partial charge on any atom is 0.259 e. The molecule has 0 saturated heterocycles. The summed E-state index contributed by atoms with van der Waals surface area (Å²) in [6.45, 7) is 1.49. The van der Waals surface area contributed by atoms with Crippen LogP contribution in [0.15, 0.2) is 17.1 Å². The first-order valence-electron chi connectivity index (χ1n) is 5.79. The SMILES string of the molecule is COCCN(CCOC)C(=O)c1c[nH]c(=O)cc1O. The van der Waals surface area contributed by atoms with E-state index in [1.165, 1.54) is 25.3 Å². The van der Waals surface area contributed by atoms with Crippen LogP contribution in [0.4, 0.5) is 0 Å². The number of carbonyl (C=O) groups excluding carboxylic acids is 1. The maximum atomic E-state index is 12.2. The number of nitrogens with zero attached hydrogens (tertiary/aromatic N) is 1. The smallest absolute Gasteiger partial charge is 0.259 e. The molecule has 0 unspecified atom stereocenters. The summed E-state index contributed by atoms with van der Waals surface area (Å²) in [5.74, 6) is -0.726. The van der Waals surface area contributed by atoms with Crippen LogP contribution in [0.25, 0.3) is 0 Å². The predicted octanol–water partition coefficient (Wildman–Crippen LogP) is -0.184. The fourth-order valence-corrected chi connectivity index (χ4v) is 1.52. The van der Waals surface area contributed by atoms with Gasteiger partial charge in [-0.05, 0) is 0 Å². The summed E-state index contributed by atoms with van der Waals surface area (Å²) >= 11 is 0. The van der Waals surface area contributed by atoms with Gasteiger partial charge in [0.15, 0.2) is 0 Å². The van der Waals surface area contributed by atoms with Gasteiger partial charge in [-0.2, -0.15) is 0 Å². The summed E-state index contributed by atoms with van der Waals surface area (Å²) in [6, 6.07) is 0.970. The van der Waals surface area contributed by atoms with Crippen LogP contribution in [0.2, 0.25) is 0 Å². The van der Waals surface area contributed by atoms with Gasteiger partial charge in [0.05, 0.1) is 18.8 Å². The Labute approximate surface area is 110 Å². The van der Waals surface area contributed by atoms with Crippen LogP contribution in [0, 0.1) is 0 Å². The van der Waals surface area contributed by atoms with Gasteiger partial charge in [0.25, 0.3) is 11.5 Å². The molecule has 1 heterocycles. The van der Waals surface area contributed by atoms with E-state index in [1.54, 1.807) is 0 Å². The molecule has 0 saturated carbocycles. The van der Waals surface area contributed by atoms with Crippen LogP contribution in [-0.2, 0) is 9.47 Å². The molecule has 1 rings (SSSR count). The highest BCUT2D eigenvalue weighted by molar-refractivity contribution is 5.96. The Hall–Kier alpha value is -1.86. The van der Waals surface area contributed by atoms with Crippen molar-refractivity contribution < 1.29 is 19.4 Å². The lowest BCUT2D eigenvalue weighted by atomic mass is 10.2. The summed E-state index contributed by atoms with van der Waals surface area (Å²) in [5, 5.41) is 9.63. The van der Waals surface area contributed by atoms with Crippen molar-refractivity contribution in [2.45, 2.75) is 0 Å². The second kappa shape index (κ2) is 7.55. The second-order valence-corrected chi connectivity index (χ2v) is 3.87. The van der Waals surface area contributed by atoms with E-state index in [2.05, 4.69) is 4.98 Å². The second-order valence-electron chi connectivity index (χ2n) is 3.87. The first kappa shape index (κ1) is 15.2. The third-order valence-electron chi connectivity index (χ3n) is 2.55. The fourth-order valence-electron chi connectivity index (χ4n) is 1.52. The molecule has 0 aliphatic heterocycles. The Kier molecular flexibility index (Phi) is 6.04. The molecule has 1 amide bonds. The summed E-state index contributed by atoms with van der Waals surface area (Å²) in [6.07, 6.45) is 1.20. The topological polar surface area (TPSA) is 91.9 Å². The van der Waals surface area contributed by atoms with Crippen LogP contribution in [-0.4, -0.2) is 61.4 Å². The molecule has 2 N–H and O–H groups in total. The molecule has 0 atom stereocenters. The summed E-state index contributed by atoms with van der Waals surface area (Å²) in [5.41, 5.74) is -0.416. The standard InChI is InChI=1S/C12H18N2O5/c1-18-5-3-14(4-6-19-2)12(17)9-8-13-11(16)7-10(9)15/h7-8H,3-6H2,1-2H3,(H2,13,15,16). The zero-order chi connectivity index (χ0) is 14.3. The number of carbonyl (C=O) groups is 1. The lowest BCUT2D eigenvalue weighted by Gasteiger charge is -2.22. The maximum absolute atomic E-state index is 12.2. The van der Waals surface area contributed by atoms with Gasteiger partial charge in [0.2, 0.25) is 0 Å². The minimum atomic E-state index is -0.464. The highest BCUT2D eigenvalue weighted by Crippen LogP contribution is 2.14. The Bertz CT molecular complexity index is 463. The normalized spacial score (nSPS) is 10.4. The average molecular weight is 270 g/mol. The average Bonchev–Trinajstić information content (AvgIpc) is 2.38. The Balaban J connectivity index is 2.87. The summed E-state index contributed by atoms with van der Waals surface area (Å²) in [7, 11) is 3.08. The van der Waals surface area contributed by atoms with E-state index in [9.17, 15) is 14.7 Å². The molecule has 1 aromatic rings. The van der Waals surface area contributed by atoms with Crippen LogP contribution in [0.5, 0.6) is 5.75 Å². The molecule has 7 heteroatoms. The van der Waals surface area contributed by atoms with E-state index >= 15 is 0 Å². The van der Waals surface area contributed by atoms with E-state index in [0.717, 1.165) is 6.07 Å². The molecule has 0 radical (unpaired) electrons. The van der Waals surface area contributed by atoms with E-state index < -0.39 is 5.56 Å². The van der Waals surface area contributed by atoms with Gasteiger partial charge in [-0.15, -0.1) is 0 Å². The number of methoxy groups -OCH3 is 2. The van der Waals surface area contributed by atoms with Crippen molar-refractivity contribution in [1.29, 1.82) is 0 Å². The first-order chi connectivity index (χ1) is 9.10. The molecular weight excluding hydrogens is 252 g/mol. The number of hydrogen-bond acceptors (Lipinski definition) is 5. The van der Waals surface area contributed by atoms with Gasteiger partial charge >= 0.3 is 0 Å². The van der Waals surface area contributed by atoms with Crippen molar-refractivity contribution in [3.8, 4) is 5.75 Å². The molecule has 7 nitrogen and oxygen atoms in total.